The predicted octanol–water partition coefficient (Wildman–Crippen LogP) is 2.69. The van der Waals surface area contributed by atoms with Crippen molar-refractivity contribution >= 4 is 11.8 Å². The Kier molecular flexibility index (Phi) is 8.59. The SMILES string of the molecule is C#CCN1CC(=O)N2[C@@H](Cc3ccc(O)cc3)C(=O)N(Cc3ccc(F)cc3F)C[C@@H]2N1CNCc1ccccc1. The van der Waals surface area contributed by atoms with Crippen LogP contribution in [0.1, 0.15) is 16.7 Å². The predicted molar refractivity (Wildman–Crippen MR) is 148 cm³/mol. The van der Waals surface area contributed by atoms with Crippen LogP contribution in [-0.2, 0) is 29.1 Å². The minimum atomic E-state index is -0.876. The number of hydrazine groups is 1. The van der Waals surface area contributed by atoms with Gasteiger partial charge in [-0.15, -0.1) is 6.42 Å². The summed E-state index contributed by atoms with van der Waals surface area (Å²) in [7, 11) is 0. The van der Waals surface area contributed by atoms with Crippen LogP contribution in [0.4, 0.5) is 8.78 Å². The summed E-state index contributed by atoms with van der Waals surface area (Å²) < 4.78 is 28.2. The minimum Gasteiger partial charge on any atom is -0.508 e. The van der Waals surface area contributed by atoms with E-state index in [1.165, 1.54) is 23.1 Å². The van der Waals surface area contributed by atoms with Crippen LogP contribution >= 0.6 is 0 Å². The number of hydrogen-bond acceptors (Lipinski definition) is 6. The first kappa shape index (κ1) is 28.2. The van der Waals surface area contributed by atoms with E-state index in [2.05, 4.69) is 11.2 Å². The number of hydrogen-bond donors (Lipinski definition) is 2. The van der Waals surface area contributed by atoms with E-state index in [4.69, 9.17) is 6.42 Å². The van der Waals surface area contributed by atoms with Crippen molar-refractivity contribution in [2.75, 3.05) is 26.3 Å². The van der Waals surface area contributed by atoms with Gasteiger partial charge in [0.25, 0.3) is 0 Å². The number of halogens is 2. The third-order valence-corrected chi connectivity index (χ3v) is 7.41. The highest BCUT2D eigenvalue weighted by Crippen LogP contribution is 2.29. The summed E-state index contributed by atoms with van der Waals surface area (Å²) >= 11 is 0. The average molecular weight is 560 g/mol. The minimum absolute atomic E-state index is 0.000332. The van der Waals surface area contributed by atoms with Crippen molar-refractivity contribution in [1.29, 1.82) is 0 Å². The number of aromatic hydroxyl groups is 1. The van der Waals surface area contributed by atoms with Crippen molar-refractivity contribution in [2.45, 2.75) is 31.7 Å². The van der Waals surface area contributed by atoms with Crippen molar-refractivity contribution in [1.82, 2.24) is 25.1 Å². The lowest BCUT2D eigenvalue weighted by molar-refractivity contribution is -0.203. The summed E-state index contributed by atoms with van der Waals surface area (Å²) in [6, 6.07) is 18.7. The number of terminal acetylenes is 1. The molecule has 2 N–H and O–H groups in total. The molecule has 3 aromatic carbocycles. The summed E-state index contributed by atoms with van der Waals surface area (Å²) in [5.41, 5.74) is 2.01. The maximum Gasteiger partial charge on any atom is 0.246 e. The fourth-order valence-electron chi connectivity index (χ4n) is 5.41. The number of carbonyl (C=O) groups is 2. The molecule has 3 aromatic rings. The van der Waals surface area contributed by atoms with Crippen molar-refractivity contribution in [3.8, 4) is 18.1 Å². The van der Waals surface area contributed by atoms with Gasteiger partial charge in [-0.2, -0.15) is 0 Å². The molecule has 8 nitrogen and oxygen atoms in total. The standard InChI is InChI=1S/C31H31F2N5O3/c1-2-14-36-20-30(40)38-28(15-22-8-12-26(39)13-9-22)31(41)35(18-24-10-11-25(32)16-27(24)33)19-29(38)37(36)21-34-17-23-6-4-3-5-7-23/h1,3-13,16,28-29,34,39H,14-15,17-21H2/t28-,29+/m0/s1. The zero-order valence-corrected chi connectivity index (χ0v) is 22.4. The van der Waals surface area contributed by atoms with Gasteiger partial charge in [-0.1, -0.05) is 54.5 Å². The van der Waals surface area contributed by atoms with E-state index in [0.29, 0.717) is 13.2 Å². The summed E-state index contributed by atoms with van der Waals surface area (Å²) in [6.45, 7) is 1.11. The Balaban J connectivity index is 1.47. The van der Waals surface area contributed by atoms with Crippen LogP contribution in [0.15, 0.2) is 72.8 Å². The van der Waals surface area contributed by atoms with E-state index in [1.807, 2.05) is 35.3 Å². The second kappa shape index (κ2) is 12.5. The van der Waals surface area contributed by atoms with Crippen LogP contribution in [0.5, 0.6) is 5.75 Å². The van der Waals surface area contributed by atoms with Gasteiger partial charge in [0.1, 0.15) is 29.6 Å². The van der Waals surface area contributed by atoms with E-state index in [9.17, 15) is 23.5 Å². The summed E-state index contributed by atoms with van der Waals surface area (Å²) in [5.74, 6) is 0.677. The summed E-state index contributed by atoms with van der Waals surface area (Å²) in [4.78, 5) is 30.6. The van der Waals surface area contributed by atoms with Crippen LogP contribution in [-0.4, -0.2) is 75.2 Å². The van der Waals surface area contributed by atoms with Gasteiger partial charge in [-0.3, -0.25) is 14.9 Å². The molecule has 5 rings (SSSR count). The largest absolute Gasteiger partial charge is 0.508 e. The normalized spacial score (nSPS) is 19.7. The first-order valence-corrected chi connectivity index (χ1v) is 13.4. The lowest BCUT2D eigenvalue weighted by Gasteiger charge is -2.55. The van der Waals surface area contributed by atoms with Gasteiger partial charge < -0.3 is 14.9 Å². The van der Waals surface area contributed by atoms with Crippen LogP contribution in [0.25, 0.3) is 0 Å². The van der Waals surface area contributed by atoms with Crippen LogP contribution in [0.3, 0.4) is 0 Å². The molecule has 0 spiro atoms. The van der Waals surface area contributed by atoms with Gasteiger partial charge in [0.05, 0.1) is 26.3 Å². The Morgan fingerprint density at radius 1 is 1.00 bits per heavy atom. The number of rotatable bonds is 9. The second-order valence-corrected chi connectivity index (χ2v) is 10.2. The number of carbonyl (C=O) groups excluding carboxylic acids is 2. The first-order chi connectivity index (χ1) is 19.8. The van der Waals surface area contributed by atoms with E-state index in [-0.39, 0.29) is 55.7 Å². The molecule has 10 heteroatoms. The molecule has 0 aromatic heterocycles. The molecule has 2 heterocycles. The summed E-state index contributed by atoms with van der Waals surface area (Å²) in [6.07, 6.45) is 5.27. The van der Waals surface area contributed by atoms with Gasteiger partial charge in [0.15, 0.2) is 0 Å². The van der Waals surface area contributed by atoms with Gasteiger partial charge in [-0.05, 0) is 29.3 Å². The van der Waals surface area contributed by atoms with Crippen LogP contribution < -0.4 is 5.32 Å². The number of benzene rings is 3. The molecule has 2 aliphatic rings. The molecule has 0 aliphatic carbocycles. The third kappa shape index (κ3) is 6.38. The molecule has 2 fully saturated rings. The maximum absolute atomic E-state index is 14.7. The van der Waals surface area contributed by atoms with Gasteiger partial charge in [0.2, 0.25) is 11.8 Å². The quantitative estimate of drug-likeness (QED) is 0.393. The molecule has 41 heavy (non-hydrogen) atoms. The molecular formula is C31H31F2N5O3. The second-order valence-electron chi connectivity index (χ2n) is 10.2. The topological polar surface area (TPSA) is 79.4 Å². The number of fused-ring (bicyclic) bond motifs is 1. The van der Waals surface area contributed by atoms with Crippen LogP contribution in [0.2, 0.25) is 0 Å². The Morgan fingerprint density at radius 2 is 1.76 bits per heavy atom. The van der Waals surface area contributed by atoms with Gasteiger partial charge in [0, 0.05) is 31.1 Å². The molecule has 0 unspecified atom stereocenters. The number of phenolic OH excluding ortho intramolecular Hbond substituents is 1. The third-order valence-electron chi connectivity index (χ3n) is 7.41. The molecule has 2 aliphatic heterocycles. The summed E-state index contributed by atoms with van der Waals surface area (Å²) in [5, 5.41) is 16.9. The van der Waals surface area contributed by atoms with Crippen molar-refractivity contribution < 1.29 is 23.5 Å². The number of phenols is 1. The van der Waals surface area contributed by atoms with E-state index < -0.39 is 23.8 Å². The lowest BCUT2D eigenvalue weighted by Crippen LogP contribution is -2.75. The molecule has 0 bridgehead atoms. The molecule has 2 saturated heterocycles. The van der Waals surface area contributed by atoms with Crippen molar-refractivity contribution in [3.63, 3.8) is 0 Å². The Hall–Kier alpha value is -4.30. The first-order valence-electron chi connectivity index (χ1n) is 13.4. The van der Waals surface area contributed by atoms with Gasteiger partial charge >= 0.3 is 0 Å². The average Bonchev–Trinajstić information content (AvgIpc) is 2.95. The molecule has 212 valence electrons. The smallest absolute Gasteiger partial charge is 0.246 e. The molecule has 0 saturated carbocycles. The fourth-order valence-corrected chi connectivity index (χ4v) is 5.41. The number of amides is 2. The number of nitrogens with one attached hydrogen (secondary N) is 1. The number of piperazine rings is 1. The van der Waals surface area contributed by atoms with Crippen molar-refractivity contribution in [3.05, 3.63) is 101 Å². The molecule has 2 atom stereocenters. The van der Waals surface area contributed by atoms with Crippen molar-refractivity contribution in [2.24, 2.45) is 0 Å². The Morgan fingerprint density at radius 3 is 2.46 bits per heavy atom. The van der Waals surface area contributed by atoms with E-state index in [0.717, 1.165) is 23.3 Å². The zero-order chi connectivity index (χ0) is 28.9. The lowest BCUT2D eigenvalue weighted by atomic mass is 9.98. The Bertz CT molecular complexity index is 1430. The molecular weight excluding hydrogens is 528 g/mol. The monoisotopic (exact) mass is 559 g/mol. The number of nitrogens with zero attached hydrogens (tertiary/aromatic N) is 4. The van der Waals surface area contributed by atoms with Crippen LogP contribution in [0, 0.1) is 24.0 Å². The highest BCUT2D eigenvalue weighted by atomic mass is 19.1. The Labute approximate surface area is 237 Å². The molecule has 0 radical (unpaired) electrons. The highest BCUT2D eigenvalue weighted by molar-refractivity contribution is 5.90. The maximum atomic E-state index is 14.7. The fraction of sp³-hybridized carbons (Fsp3) is 0.290. The highest BCUT2D eigenvalue weighted by Gasteiger charge is 2.49. The van der Waals surface area contributed by atoms with Gasteiger partial charge in [-0.25, -0.2) is 18.8 Å². The van der Waals surface area contributed by atoms with E-state index >= 15 is 0 Å². The zero-order valence-electron chi connectivity index (χ0n) is 22.4. The van der Waals surface area contributed by atoms with E-state index in [1.54, 1.807) is 22.0 Å². The molecule has 2 amide bonds.